The predicted molar refractivity (Wildman–Crippen MR) is 69.9 cm³/mol. The van der Waals surface area contributed by atoms with Crippen LogP contribution in [0.1, 0.15) is 19.4 Å². The maximum Gasteiger partial charge on any atom is 0.0900 e. The number of aliphatic hydroxyl groups excluding tert-OH is 1. The zero-order valence-electron chi connectivity index (χ0n) is 10.8. The highest BCUT2D eigenvalue weighted by atomic mass is 16.5. The van der Waals surface area contributed by atoms with Crippen LogP contribution in [0.5, 0.6) is 0 Å². The van der Waals surface area contributed by atoms with Gasteiger partial charge in [-0.15, -0.1) is 0 Å². The van der Waals surface area contributed by atoms with E-state index in [1.54, 1.807) is 0 Å². The summed E-state index contributed by atoms with van der Waals surface area (Å²) in [5.41, 5.74) is 1.28. The molecule has 1 unspecified atom stereocenters. The van der Waals surface area contributed by atoms with Gasteiger partial charge in [-0.05, 0) is 19.0 Å². The number of benzene rings is 1. The normalized spacial score (nSPS) is 12.9. The van der Waals surface area contributed by atoms with Gasteiger partial charge in [0.15, 0.2) is 0 Å². The summed E-state index contributed by atoms with van der Waals surface area (Å²) in [5, 5.41) is 9.79. The van der Waals surface area contributed by atoms with Crippen LogP contribution in [0.2, 0.25) is 0 Å². The van der Waals surface area contributed by atoms with Gasteiger partial charge in [0.25, 0.3) is 0 Å². The van der Waals surface area contributed by atoms with Gasteiger partial charge in [-0.3, -0.25) is 4.90 Å². The highest BCUT2D eigenvalue weighted by Crippen LogP contribution is 2.05. The maximum absolute atomic E-state index is 9.79. The van der Waals surface area contributed by atoms with E-state index >= 15 is 0 Å². The number of aliphatic hydroxyl groups is 1. The van der Waals surface area contributed by atoms with E-state index in [4.69, 9.17) is 4.74 Å². The molecule has 0 radical (unpaired) electrons. The molecule has 0 saturated carbocycles. The SMILES string of the molecule is CCOCC(O)CN(CC)Cc1ccccc1. The van der Waals surface area contributed by atoms with Crippen molar-refractivity contribution in [3.63, 3.8) is 0 Å². The molecule has 0 heterocycles. The van der Waals surface area contributed by atoms with E-state index in [1.807, 2.05) is 25.1 Å². The van der Waals surface area contributed by atoms with E-state index in [1.165, 1.54) is 5.56 Å². The van der Waals surface area contributed by atoms with Crippen molar-refractivity contribution in [3.05, 3.63) is 35.9 Å². The number of rotatable bonds is 8. The second-order valence-electron chi connectivity index (χ2n) is 4.13. The van der Waals surface area contributed by atoms with Crippen molar-refractivity contribution in [2.45, 2.75) is 26.5 Å². The topological polar surface area (TPSA) is 32.7 Å². The first-order valence-electron chi connectivity index (χ1n) is 6.28. The van der Waals surface area contributed by atoms with Crippen LogP contribution >= 0.6 is 0 Å². The Morgan fingerprint density at radius 3 is 2.53 bits per heavy atom. The maximum atomic E-state index is 9.79. The first-order chi connectivity index (χ1) is 8.26. The van der Waals surface area contributed by atoms with Crippen LogP contribution in [-0.4, -0.2) is 42.4 Å². The standard InChI is InChI=1S/C14H23NO2/c1-3-15(11-14(16)12-17-4-2)10-13-8-6-5-7-9-13/h5-9,14,16H,3-4,10-12H2,1-2H3. The first kappa shape index (κ1) is 14.2. The summed E-state index contributed by atoms with van der Waals surface area (Å²) in [6, 6.07) is 10.3. The first-order valence-corrected chi connectivity index (χ1v) is 6.28. The Balaban J connectivity index is 2.38. The summed E-state index contributed by atoms with van der Waals surface area (Å²) in [4.78, 5) is 2.22. The molecule has 0 bridgehead atoms. The van der Waals surface area contributed by atoms with Crippen molar-refractivity contribution in [3.8, 4) is 0 Å². The van der Waals surface area contributed by atoms with Gasteiger partial charge in [0, 0.05) is 19.7 Å². The van der Waals surface area contributed by atoms with Crippen molar-refractivity contribution in [1.82, 2.24) is 4.90 Å². The van der Waals surface area contributed by atoms with E-state index in [-0.39, 0.29) is 0 Å². The lowest BCUT2D eigenvalue weighted by molar-refractivity contribution is 0.0206. The number of hydrogen-bond acceptors (Lipinski definition) is 3. The molecule has 1 rings (SSSR count). The summed E-state index contributed by atoms with van der Waals surface area (Å²) >= 11 is 0. The van der Waals surface area contributed by atoms with Gasteiger partial charge >= 0.3 is 0 Å². The Hall–Kier alpha value is -0.900. The Kier molecular flexibility index (Phi) is 6.86. The lowest BCUT2D eigenvalue weighted by Gasteiger charge is -2.23. The van der Waals surface area contributed by atoms with Gasteiger partial charge in [0.1, 0.15) is 0 Å². The fourth-order valence-corrected chi connectivity index (χ4v) is 1.75. The van der Waals surface area contributed by atoms with Crippen LogP contribution in [0.15, 0.2) is 30.3 Å². The minimum atomic E-state index is -0.404. The van der Waals surface area contributed by atoms with E-state index < -0.39 is 6.10 Å². The third-order valence-electron chi connectivity index (χ3n) is 2.68. The summed E-state index contributed by atoms with van der Waals surface area (Å²) < 4.78 is 5.21. The summed E-state index contributed by atoms with van der Waals surface area (Å²) in [7, 11) is 0. The van der Waals surface area contributed by atoms with E-state index in [0.717, 1.165) is 13.1 Å². The lowest BCUT2D eigenvalue weighted by atomic mass is 10.2. The van der Waals surface area contributed by atoms with E-state index in [9.17, 15) is 5.11 Å². The molecule has 3 nitrogen and oxygen atoms in total. The van der Waals surface area contributed by atoms with Crippen molar-refractivity contribution < 1.29 is 9.84 Å². The largest absolute Gasteiger partial charge is 0.389 e. The zero-order valence-corrected chi connectivity index (χ0v) is 10.8. The molecule has 0 spiro atoms. The Morgan fingerprint density at radius 1 is 1.24 bits per heavy atom. The monoisotopic (exact) mass is 237 g/mol. The third kappa shape index (κ3) is 5.82. The predicted octanol–water partition coefficient (Wildman–Crippen LogP) is 1.91. The molecule has 0 aliphatic carbocycles. The molecule has 0 amide bonds. The molecule has 17 heavy (non-hydrogen) atoms. The summed E-state index contributed by atoms with van der Waals surface area (Å²) in [6.07, 6.45) is -0.404. The Morgan fingerprint density at radius 2 is 1.94 bits per heavy atom. The van der Waals surface area contributed by atoms with Crippen LogP contribution in [0.25, 0.3) is 0 Å². The number of likely N-dealkylation sites (N-methyl/N-ethyl adjacent to an activating group) is 1. The summed E-state index contributed by atoms with van der Waals surface area (Å²) in [6.45, 7) is 7.58. The van der Waals surface area contributed by atoms with Gasteiger partial charge in [0.05, 0.1) is 12.7 Å². The molecule has 96 valence electrons. The number of nitrogens with zero attached hydrogens (tertiary/aromatic N) is 1. The van der Waals surface area contributed by atoms with Crippen molar-refractivity contribution in [2.24, 2.45) is 0 Å². The fourth-order valence-electron chi connectivity index (χ4n) is 1.75. The molecule has 3 heteroatoms. The fraction of sp³-hybridized carbons (Fsp3) is 0.571. The van der Waals surface area contributed by atoms with Crippen LogP contribution < -0.4 is 0 Å². The molecule has 0 aromatic heterocycles. The second-order valence-corrected chi connectivity index (χ2v) is 4.13. The van der Waals surface area contributed by atoms with Gasteiger partial charge < -0.3 is 9.84 Å². The zero-order chi connectivity index (χ0) is 12.5. The van der Waals surface area contributed by atoms with Crippen molar-refractivity contribution in [1.29, 1.82) is 0 Å². The Labute approximate surface area is 104 Å². The molecule has 0 fully saturated rings. The average molecular weight is 237 g/mol. The van der Waals surface area contributed by atoms with Gasteiger partial charge in [-0.1, -0.05) is 37.3 Å². The number of ether oxygens (including phenoxy) is 1. The van der Waals surface area contributed by atoms with Gasteiger partial charge in [0.2, 0.25) is 0 Å². The molecule has 0 saturated heterocycles. The highest BCUT2D eigenvalue weighted by Gasteiger charge is 2.10. The minimum Gasteiger partial charge on any atom is -0.389 e. The molecule has 1 atom stereocenters. The second kappa shape index (κ2) is 8.23. The van der Waals surface area contributed by atoms with E-state index in [2.05, 4.69) is 24.0 Å². The Bertz CT molecular complexity index is 290. The van der Waals surface area contributed by atoms with Gasteiger partial charge in [-0.25, -0.2) is 0 Å². The van der Waals surface area contributed by atoms with Crippen LogP contribution in [-0.2, 0) is 11.3 Å². The molecule has 1 aromatic rings. The number of hydrogen-bond donors (Lipinski definition) is 1. The van der Waals surface area contributed by atoms with Gasteiger partial charge in [-0.2, -0.15) is 0 Å². The van der Waals surface area contributed by atoms with Crippen molar-refractivity contribution >= 4 is 0 Å². The van der Waals surface area contributed by atoms with Crippen LogP contribution in [0.4, 0.5) is 0 Å². The quantitative estimate of drug-likeness (QED) is 0.749. The highest BCUT2D eigenvalue weighted by molar-refractivity contribution is 5.14. The van der Waals surface area contributed by atoms with E-state index in [0.29, 0.717) is 19.8 Å². The molecular weight excluding hydrogens is 214 g/mol. The van der Waals surface area contributed by atoms with Crippen molar-refractivity contribution in [2.75, 3.05) is 26.3 Å². The molecule has 0 aliphatic rings. The molecule has 1 N–H and O–H groups in total. The third-order valence-corrected chi connectivity index (χ3v) is 2.68. The smallest absolute Gasteiger partial charge is 0.0900 e. The summed E-state index contributed by atoms with van der Waals surface area (Å²) in [5.74, 6) is 0. The molecule has 1 aromatic carbocycles. The van der Waals surface area contributed by atoms with Crippen LogP contribution in [0, 0.1) is 0 Å². The van der Waals surface area contributed by atoms with Crippen LogP contribution in [0.3, 0.4) is 0 Å². The molecular formula is C14H23NO2. The lowest BCUT2D eigenvalue weighted by Crippen LogP contribution is -2.34. The average Bonchev–Trinajstić information content (AvgIpc) is 2.36. The molecule has 0 aliphatic heterocycles. The minimum absolute atomic E-state index is 0.404.